The smallest absolute Gasteiger partial charge is 0.317 e. The third-order valence-electron chi connectivity index (χ3n) is 3.66. The fourth-order valence-corrected chi connectivity index (χ4v) is 2.72. The molecule has 0 bridgehead atoms. The molecule has 110 valence electrons. The van der Waals surface area contributed by atoms with Crippen molar-refractivity contribution in [1.29, 1.82) is 0 Å². The molecule has 2 N–H and O–H groups in total. The van der Waals surface area contributed by atoms with E-state index in [9.17, 15) is 18.9 Å². The summed E-state index contributed by atoms with van der Waals surface area (Å²) in [6, 6.07) is -0.260. The highest BCUT2D eigenvalue weighted by Gasteiger charge is 2.42. The zero-order valence-corrected chi connectivity index (χ0v) is 12.3. The standard InChI is InChI=1S/C12H22N2O4S/c1-3-12(10(15)16)5-4-7-14(9-12)11(17)13-6-8-19(2)18/h3-9H2,1-2H3,(H,13,17)(H,15,16). The fraction of sp³-hybridized carbons (Fsp3) is 0.833. The highest BCUT2D eigenvalue weighted by Crippen LogP contribution is 2.33. The minimum absolute atomic E-state index is 0.250. The first-order valence-corrected chi connectivity index (χ1v) is 8.20. The van der Waals surface area contributed by atoms with Crippen molar-refractivity contribution in [1.82, 2.24) is 10.2 Å². The van der Waals surface area contributed by atoms with Crippen LogP contribution in [0.5, 0.6) is 0 Å². The van der Waals surface area contributed by atoms with Crippen LogP contribution in [0.2, 0.25) is 0 Å². The van der Waals surface area contributed by atoms with Gasteiger partial charge in [-0.15, -0.1) is 0 Å². The average molecular weight is 290 g/mol. The van der Waals surface area contributed by atoms with E-state index in [1.54, 1.807) is 11.2 Å². The quantitative estimate of drug-likeness (QED) is 0.778. The van der Waals surface area contributed by atoms with Crippen molar-refractivity contribution in [3.8, 4) is 0 Å². The number of nitrogens with zero attached hydrogens (tertiary/aromatic N) is 1. The number of nitrogens with one attached hydrogen (secondary N) is 1. The van der Waals surface area contributed by atoms with Crippen LogP contribution in [0.4, 0.5) is 4.79 Å². The lowest BCUT2D eigenvalue weighted by atomic mass is 9.78. The monoisotopic (exact) mass is 290 g/mol. The van der Waals surface area contributed by atoms with Crippen LogP contribution in [-0.2, 0) is 15.6 Å². The summed E-state index contributed by atoms with van der Waals surface area (Å²) in [7, 11) is -0.939. The van der Waals surface area contributed by atoms with Crippen molar-refractivity contribution in [3.63, 3.8) is 0 Å². The molecular formula is C12H22N2O4S. The summed E-state index contributed by atoms with van der Waals surface area (Å²) >= 11 is 0. The Morgan fingerprint density at radius 1 is 1.47 bits per heavy atom. The number of likely N-dealkylation sites (tertiary alicyclic amines) is 1. The van der Waals surface area contributed by atoms with Crippen LogP contribution < -0.4 is 5.32 Å². The number of rotatable bonds is 5. The summed E-state index contributed by atoms with van der Waals surface area (Å²) in [5.74, 6) is -0.417. The Balaban J connectivity index is 2.56. The van der Waals surface area contributed by atoms with Gasteiger partial charge in [0.15, 0.2) is 0 Å². The largest absolute Gasteiger partial charge is 0.481 e. The number of piperidine rings is 1. The van der Waals surface area contributed by atoms with Crippen molar-refractivity contribution < 1.29 is 18.9 Å². The zero-order valence-electron chi connectivity index (χ0n) is 11.5. The topological polar surface area (TPSA) is 86.7 Å². The van der Waals surface area contributed by atoms with Crippen molar-refractivity contribution in [3.05, 3.63) is 0 Å². The number of hydrogen-bond donors (Lipinski definition) is 2. The molecule has 2 atom stereocenters. The summed E-state index contributed by atoms with van der Waals surface area (Å²) in [5.41, 5.74) is -0.816. The molecule has 0 aromatic carbocycles. The Labute approximate surface area is 116 Å². The maximum atomic E-state index is 11.9. The minimum Gasteiger partial charge on any atom is -0.481 e. The van der Waals surface area contributed by atoms with E-state index in [1.165, 1.54) is 0 Å². The van der Waals surface area contributed by atoms with Crippen LogP contribution in [0.25, 0.3) is 0 Å². The lowest BCUT2D eigenvalue weighted by Crippen LogP contribution is -2.52. The molecule has 1 heterocycles. The predicted octanol–water partition coefficient (Wildman–Crippen LogP) is 0.651. The number of amides is 2. The van der Waals surface area contributed by atoms with Gasteiger partial charge in [0.25, 0.3) is 0 Å². The molecule has 1 aliphatic rings. The molecular weight excluding hydrogens is 268 g/mol. The molecule has 0 radical (unpaired) electrons. The average Bonchev–Trinajstić information content (AvgIpc) is 2.38. The molecule has 19 heavy (non-hydrogen) atoms. The highest BCUT2D eigenvalue weighted by molar-refractivity contribution is 7.84. The van der Waals surface area contributed by atoms with E-state index in [4.69, 9.17) is 0 Å². The van der Waals surface area contributed by atoms with Crippen molar-refractivity contribution >= 4 is 22.8 Å². The molecule has 0 aromatic rings. The first-order valence-electron chi connectivity index (χ1n) is 6.47. The van der Waals surface area contributed by atoms with E-state index in [2.05, 4.69) is 5.32 Å². The van der Waals surface area contributed by atoms with Gasteiger partial charge in [0.05, 0.1) is 5.41 Å². The molecule has 0 saturated carbocycles. The molecule has 7 heteroatoms. The number of carboxylic acids is 1. The van der Waals surface area contributed by atoms with E-state index >= 15 is 0 Å². The van der Waals surface area contributed by atoms with Crippen LogP contribution in [0, 0.1) is 5.41 Å². The second-order valence-corrected chi connectivity index (χ2v) is 6.53. The number of carbonyl (C=O) groups excluding carboxylic acids is 1. The van der Waals surface area contributed by atoms with Gasteiger partial charge in [-0.25, -0.2) is 4.79 Å². The van der Waals surface area contributed by atoms with Crippen LogP contribution in [0.1, 0.15) is 26.2 Å². The summed E-state index contributed by atoms with van der Waals surface area (Å²) in [6.07, 6.45) is 3.42. The number of aliphatic carboxylic acids is 1. The normalized spacial score (nSPS) is 24.8. The molecule has 1 fully saturated rings. The second-order valence-electron chi connectivity index (χ2n) is 4.97. The van der Waals surface area contributed by atoms with Crippen molar-refractivity contribution in [2.75, 3.05) is 31.6 Å². The first kappa shape index (κ1) is 15.9. The van der Waals surface area contributed by atoms with Crippen LogP contribution in [0.3, 0.4) is 0 Å². The van der Waals surface area contributed by atoms with Gasteiger partial charge in [-0.05, 0) is 19.3 Å². The van der Waals surface area contributed by atoms with E-state index < -0.39 is 22.2 Å². The summed E-state index contributed by atoms with van der Waals surface area (Å²) < 4.78 is 10.9. The second kappa shape index (κ2) is 6.88. The van der Waals surface area contributed by atoms with E-state index in [1.807, 2.05) is 6.92 Å². The molecule has 1 saturated heterocycles. The van der Waals surface area contributed by atoms with Gasteiger partial charge in [-0.3, -0.25) is 9.00 Å². The molecule has 6 nitrogen and oxygen atoms in total. The molecule has 2 unspecified atom stereocenters. The number of carboxylic acid groups (broad SMARTS) is 1. The van der Waals surface area contributed by atoms with Crippen molar-refractivity contribution in [2.24, 2.45) is 5.41 Å². The first-order chi connectivity index (χ1) is 8.91. The molecule has 0 spiro atoms. The van der Waals surface area contributed by atoms with Crippen LogP contribution in [0.15, 0.2) is 0 Å². The van der Waals surface area contributed by atoms with Gasteiger partial charge in [0, 0.05) is 42.4 Å². The van der Waals surface area contributed by atoms with Gasteiger partial charge in [-0.2, -0.15) is 0 Å². The van der Waals surface area contributed by atoms with E-state index in [0.717, 1.165) is 0 Å². The van der Waals surface area contributed by atoms with Gasteiger partial charge in [-0.1, -0.05) is 6.92 Å². The lowest BCUT2D eigenvalue weighted by molar-refractivity contribution is -0.152. The Bertz CT molecular complexity index is 375. The van der Waals surface area contributed by atoms with Gasteiger partial charge in [0.2, 0.25) is 0 Å². The van der Waals surface area contributed by atoms with E-state index in [-0.39, 0.29) is 12.6 Å². The van der Waals surface area contributed by atoms with Crippen LogP contribution in [-0.4, -0.2) is 57.9 Å². The van der Waals surface area contributed by atoms with Gasteiger partial charge >= 0.3 is 12.0 Å². The maximum absolute atomic E-state index is 11.9. The third kappa shape index (κ3) is 4.19. The fourth-order valence-electron chi connectivity index (χ4n) is 2.33. The lowest BCUT2D eigenvalue weighted by Gasteiger charge is -2.39. The number of hydrogen-bond acceptors (Lipinski definition) is 3. The Morgan fingerprint density at radius 3 is 2.68 bits per heavy atom. The van der Waals surface area contributed by atoms with Crippen LogP contribution >= 0.6 is 0 Å². The molecule has 1 aliphatic heterocycles. The third-order valence-corrected chi connectivity index (χ3v) is 4.44. The molecule has 1 rings (SSSR count). The summed E-state index contributed by atoms with van der Waals surface area (Å²) in [6.45, 7) is 3.02. The molecule has 2 amide bonds. The molecule has 0 aromatic heterocycles. The van der Waals surface area contributed by atoms with E-state index in [0.29, 0.717) is 38.1 Å². The minimum atomic E-state index is -0.939. The molecule has 0 aliphatic carbocycles. The predicted molar refractivity (Wildman–Crippen MR) is 73.5 cm³/mol. The SMILES string of the molecule is CCC1(C(=O)O)CCCN(C(=O)NCCS(C)=O)C1. The summed E-state index contributed by atoms with van der Waals surface area (Å²) in [5, 5.41) is 12.0. The Kier molecular flexibility index (Phi) is 5.78. The van der Waals surface area contributed by atoms with Crippen molar-refractivity contribution in [2.45, 2.75) is 26.2 Å². The zero-order chi connectivity index (χ0) is 14.5. The van der Waals surface area contributed by atoms with Gasteiger partial charge in [0.1, 0.15) is 0 Å². The Hall–Kier alpha value is -1.11. The summed E-state index contributed by atoms with van der Waals surface area (Å²) in [4.78, 5) is 24.9. The number of urea groups is 1. The number of carbonyl (C=O) groups is 2. The maximum Gasteiger partial charge on any atom is 0.317 e. The van der Waals surface area contributed by atoms with Gasteiger partial charge < -0.3 is 15.3 Å². The highest BCUT2D eigenvalue weighted by atomic mass is 32.2. The Morgan fingerprint density at radius 2 is 2.16 bits per heavy atom.